The molecule has 0 bridgehead atoms. The van der Waals surface area contributed by atoms with E-state index >= 15 is 0 Å². The Balaban J connectivity index is 0.000000152. The molecule has 3 aliphatic heterocycles. The zero-order valence-corrected chi connectivity index (χ0v) is 21.2. The summed E-state index contributed by atoms with van der Waals surface area (Å²) in [6.45, 7) is 6.00. The van der Waals surface area contributed by atoms with Crippen molar-refractivity contribution in [2.45, 2.75) is 32.1 Å². The largest absolute Gasteiger partial charge is 0.486 e. The van der Waals surface area contributed by atoms with E-state index < -0.39 is 0 Å². The number of fused-ring (bicyclic) bond motifs is 2. The zero-order valence-electron chi connectivity index (χ0n) is 21.2. The fraction of sp³-hybridized carbons (Fsp3) is 0.448. The van der Waals surface area contributed by atoms with Crippen LogP contribution in [0.15, 0.2) is 48.5 Å². The van der Waals surface area contributed by atoms with Crippen LogP contribution in [-0.2, 0) is 11.2 Å². The van der Waals surface area contributed by atoms with Gasteiger partial charge in [-0.3, -0.25) is 4.79 Å². The van der Waals surface area contributed by atoms with E-state index in [4.69, 9.17) is 15.2 Å². The van der Waals surface area contributed by atoms with Crippen LogP contribution in [0.3, 0.4) is 0 Å². The molecule has 2 fully saturated rings. The Kier molecular flexibility index (Phi) is 8.04. The predicted molar refractivity (Wildman–Crippen MR) is 143 cm³/mol. The molecule has 4 heterocycles. The number of rotatable bonds is 6. The summed E-state index contributed by atoms with van der Waals surface area (Å²) in [5, 5.41) is 1.13. The van der Waals surface area contributed by atoms with E-state index in [0.717, 1.165) is 54.6 Å². The monoisotopic (exact) mass is 506 g/mol. The molecule has 2 aromatic carbocycles. The third-order valence-electron chi connectivity index (χ3n) is 7.29. The van der Waals surface area contributed by atoms with Crippen LogP contribution in [0.4, 0.5) is 10.2 Å². The van der Waals surface area contributed by atoms with E-state index in [0.29, 0.717) is 25.5 Å². The molecular weight excluding hydrogens is 471 g/mol. The standard InChI is InChI=1S/C15H20FNO2.C14H15N3O/c16-13-10-12(4-3-7-17-5-1-2-6-17)11-14-15(13)19-9-8-18-14;15-14(18)11-7-8-17(9-11)13-6-5-10-3-1-2-4-12(10)16-13/h10-11H,1-9H2;1-6,11H,7-9H2,(H2,15,18). The molecule has 1 amide bonds. The molecule has 1 aromatic heterocycles. The van der Waals surface area contributed by atoms with Gasteiger partial charge in [0.15, 0.2) is 17.3 Å². The number of carbonyl (C=O) groups is 1. The van der Waals surface area contributed by atoms with Gasteiger partial charge in [0.25, 0.3) is 0 Å². The first kappa shape index (κ1) is 25.3. The summed E-state index contributed by atoms with van der Waals surface area (Å²) in [7, 11) is 0. The molecule has 2 N–H and O–H groups in total. The van der Waals surface area contributed by atoms with Gasteiger partial charge in [0, 0.05) is 18.5 Å². The van der Waals surface area contributed by atoms with E-state index in [1.165, 1.54) is 25.9 Å². The summed E-state index contributed by atoms with van der Waals surface area (Å²) < 4.78 is 24.6. The highest BCUT2D eigenvalue weighted by Gasteiger charge is 2.27. The normalized spacial score (nSPS) is 19.1. The van der Waals surface area contributed by atoms with Crippen LogP contribution in [0, 0.1) is 11.7 Å². The fourth-order valence-corrected chi connectivity index (χ4v) is 5.25. The lowest BCUT2D eigenvalue weighted by Gasteiger charge is -2.20. The minimum absolute atomic E-state index is 0.0433. The molecule has 196 valence electrons. The first-order chi connectivity index (χ1) is 18.1. The molecule has 0 spiro atoms. The summed E-state index contributed by atoms with van der Waals surface area (Å²) in [6, 6.07) is 15.6. The number of benzene rings is 2. The highest BCUT2D eigenvalue weighted by atomic mass is 19.1. The van der Waals surface area contributed by atoms with Crippen LogP contribution in [0.2, 0.25) is 0 Å². The Bertz CT molecular complexity index is 1230. The Hall–Kier alpha value is -3.39. The van der Waals surface area contributed by atoms with Crippen molar-refractivity contribution in [1.82, 2.24) is 9.88 Å². The molecule has 37 heavy (non-hydrogen) atoms. The lowest BCUT2D eigenvalue weighted by molar-refractivity contribution is -0.121. The third kappa shape index (κ3) is 6.31. The van der Waals surface area contributed by atoms with Crippen molar-refractivity contribution in [1.29, 1.82) is 0 Å². The second-order valence-electron chi connectivity index (χ2n) is 9.95. The molecule has 0 aliphatic carbocycles. The van der Waals surface area contributed by atoms with E-state index in [2.05, 4.69) is 20.9 Å². The number of nitrogens with two attached hydrogens (primary N) is 1. The maximum Gasteiger partial charge on any atom is 0.222 e. The van der Waals surface area contributed by atoms with E-state index in [9.17, 15) is 9.18 Å². The summed E-state index contributed by atoms with van der Waals surface area (Å²) in [4.78, 5) is 20.4. The van der Waals surface area contributed by atoms with Crippen molar-refractivity contribution in [3.63, 3.8) is 0 Å². The predicted octanol–water partition coefficient (Wildman–Crippen LogP) is 4.17. The number of para-hydroxylation sites is 1. The topological polar surface area (TPSA) is 80.9 Å². The van der Waals surface area contributed by atoms with E-state index in [1.807, 2.05) is 36.4 Å². The molecule has 1 unspecified atom stereocenters. The van der Waals surface area contributed by atoms with Crippen molar-refractivity contribution in [3.05, 3.63) is 59.9 Å². The zero-order chi connectivity index (χ0) is 25.6. The van der Waals surface area contributed by atoms with Gasteiger partial charge in [0.2, 0.25) is 5.91 Å². The number of aromatic nitrogens is 1. The van der Waals surface area contributed by atoms with Gasteiger partial charge in [0.1, 0.15) is 19.0 Å². The number of primary amides is 1. The number of pyridine rings is 1. The number of halogens is 1. The number of aryl methyl sites for hydroxylation is 1. The number of carbonyl (C=O) groups excluding carboxylic acids is 1. The van der Waals surface area contributed by atoms with Gasteiger partial charge in [-0.1, -0.05) is 18.2 Å². The first-order valence-corrected chi connectivity index (χ1v) is 13.3. The second-order valence-corrected chi connectivity index (χ2v) is 9.95. The fourth-order valence-electron chi connectivity index (χ4n) is 5.25. The average Bonchev–Trinajstić information content (AvgIpc) is 3.62. The Morgan fingerprint density at radius 1 is 1.05 bits per heavy atom. The lowest BCUT2D eigenvalue weighted by atomic mass is 10.1. The number of ether oxygens (including phenoxy) is 2. The highest BCUT2D eigenvalue weighted by Crippen LogP contribution is 2.34. The van der Waals surface area contributed by atoms with Gasteiger partial charge in [-0.25, -0.2) is 9.37 Å². The van der Waals surface area contributed by atoms with Gasteiger partial charge >= 0.3 is 0 Å². The van der Waals surface area contributed by atoms with Crippen molar-refractivity contribution >= 4 is 22.6 Å². The Morgan fingerprint density at radius 2 is 1.86 bits per heavy atom. The number of anilines is 1. The number of hydrogen-bond acceptors (Lipinski definition) is 6. The minimum atomic E-state index is -0.298. The summed E-state index contributed by atoms with van der Waals surface area (Å²) >= 11 is 0. The molecule has 3 aliphatic rings. The third-order valence-corrected chi connectivity index (χ3v) is 7.29. The van der Waals surface area contributed by atoms with E-state index in [1.54, 1.807) is 6.07 Å². The maximum atomic E-state index is 13.8. The van der Waals surface area contributed by atoms with Gasteiger partial charge < -0.3 is 25.0 Å². The molecule has 3 aromatic rings. The van der Waals surface area contributed by atoms with Crippen molar-refractivity contribution < 1.29 is 18.7 Å². The van der Waals surface area contributed by atoms with Crippen molar-refractivity contribution in [2.24, 2.45) is 11.7 Å². The van der Waals surface area contributed by atoms with Crippen LogP contribution in [0.25, 0.3) is 10.9 Å². The number of hydrogen-bond donors (Lipinski definition) is 1. The Labute approximate surface area is 217 Å². The van der Waals surface area contributed by atoms with Crippen molar-refractivity contribution in [3.8, 4) is 11.5 Å². The van der Waals surface area contributed by atoms with Gasteiger partial charge in [-0.2, -0.15) is 0 Å². The number of nitrogens with zero attached hydrogens (tertiary/aromatic N) is 3. The summed E-state index contributed by atoms with van der Waals surface area (Å²) in [5.41, 5.74) is 7.33. The summed E-state index contributed by atoms with van der Waals surface area (Å²) in [5.74, 6) is 1.21. The van der Waals surface area contributed by atoms with Crippen molar-refractivity contribution in [2.75, 3.05) is 50.8 Å². The van der Waals surface area contributed by atoms with Gasteiger partial charge in [-0.05, 0) is 87.6 Å². The molecule has 6 rings (SSSR count). The molecule has 1 atom stereocenters. The second kappa shape index (κ2) is 11.8. The minimum Gasteiger partial charge on any atom is -0.486 e. The summed E-state index contributed by atoms with van der Waals surface area (Å²) in [6.07, 6.45) is 5.42. The van der Waals surface area contributed by atoms with Gasteiger partial charge in [-0.15, -0.1) is 0 Å². The van der Waals surface area contributed by atoms with Crippen LogP contribution in [0.1, 0.15) is 31.2 Å². The first-order valence-electron chi connectivity index (χ1n) is 13.3. The SMILES string of the molecule is Fc1cc(CCCN2CCCC2)cc2c1OCCO2.NC(=O)C1CCN(c2ccc3ccccc3n2)C1. The maximum absolute atomic E-state index is 13.8. The van der Waals surface area contributed by atoms with Crippen LogP contribution >= 0.6 is 0 Å². The quantitative estimate of drug-likeness (QED) is 0.541. The molecule has 7 nitrogen and oxygen atoms in total. The molecule has 8 heteroatoms. The Morgan fingerprint density at radius 3 is 2.68 bits per heavy atom. The highest BCUT2D eigenvalue weighted by molar-refractivity contribution is 5.81. The molecule has 0 radical (unpaired) electrons. The van der Waals surface area contributed by atoms with Crippen LogP contribution in [-0.4, -0.2) is 61.7 Å². The molecular formula is C29H35FN4O3. The lowest BCUT2D eigenvalue weighted by Crippen LogP contribution is -2.27. The smallest absolute Gasteiger partial charge is 0.222 e. The van der Waals surface area contributed by atoms with Crippen LogP contribution in [0.5, 0.6) is 11.5 Å². The molecule has 2 saturated heterocycles. The number of amides is 1. The van der Waals surface area contributed by atoms with Gasteiger partial charge in [0.05, 0.1) is 11.4 Å². The molecule has 0 saturated carbocycles. The number of likely N-dealkylation sites (tertiary alicyclic amines) is 1. The average molecular weight is 507 g/mol. The van der Waals surface area contributed by atoms with E-state index in [-0.39, 0.29) is 23.4 Å². The van der Waals surface area contributed by atoms with Crippen LogP contribution < -0.4 is 20.1 Å².